The van der Waals surface area contributed by atoms with Crippen molar-refractivity contribution in [3.05, 3.63) is 11.6 Å². The second-order valence-electron chi connectivity index (χ2n) is 12.4. The van der Waals surface area contributed by atoms with Gasteiger partial charge in [-0.05, 0) is 91.9 Å². The zero-order valence-electron chi connectivity index (χ0n) is 22.6. The van der Waals surface area contributed by atoms with Crippen molar-refractivity contribution in [2.75, 3.05) is 13.2 Å². The van der Waals surface area contributed by atoms with E-state index in [1.54, 1.807) is 13.8 Å². The van der Waals surface area contributed by atoms with Crippen LogP contribution in [-0.4, -0.2) is 59.0 Å². The molecule has 9 heteroatoms. The van der Waals surface area contributed by atoms with Crippen LogP contribution in [0.3, 0.4) is 0 Å². The second-order valence-corrected chi connectivity index (χ2v) is 12.4. The van der Waals surface area contributed by atoms with E-state index in [1.165, 1.54) is 12.0 Å². The summed E-state index contributed by atoms with van der Waals surface area (Å²) in [6, 6.07) is -1.00. The van der Waals surface area contributed by atoms with Gasteiger partial charge in [-0.3, -0.25) is 9.59 Å². The number of fused-ring (bicyclic) bond motifs is 5. The van der Waals surface area contributed by atoms with Crippen LogP contribution >= 0.6 is 0 Å². The van der Waals surface area contributed by atoms with E-state index in [9.17, 15) is 19.5 Å². The first-order valence-electron chi connectivity index (χ1n) is 13.8. The molecule has 4 rings (SSSR count). The molecule has 0 aromatic carbocycles. The van der Waals surface area contributed by atoms with Crippen LogP contribution in [0.1, 0.15) is 79.1 Å². The molecule has 0 bridgehead atoms. The number of aliphatic hydroxyl groups excluding tert-OH is 1. The van der Waals surface area contributed by atoms with Crippen LogP contribution in [0.4, 0.5) is 0 Å². The molecular formula is C28H43N3O6. The summed E-state index contributed by atoms with van der Waals surface area (Å²) in [5, 5.41) is 28.9. The number of aliphatic hydroxyl groups is 1. The number of nitrogens with zero attached hydrogens (tertiary/aromatic N) is 1. The lowest BCUT2D eigenvalue weighted by Crippen LogP contribution is -2.51. The largest absolute Gasteiger partial charge is 0.480 e. The smallest absolute Gasteiger partial charge is 0.326 e. The highest BCUT2D eigenvalue weighted by atomic mass is 16.6. The van der Waals surface area contributed by atoms with E-state index >= 15 is 0 Å². The third-order valence-corrected chi connectivity index (χ3v) is 10.0. The van der Waals surface area contributed by atoms with Crippen LogP contribution in [-0.2, 0) is 19.2 Å². The van der Waals surface area contributed by atoms with Gasteiger partial charge in [0.15, 0.2) is 6.61 Å². The Balaban J connectivity index is 1.28. The predicted octanol–water partition coefficient (Wildman–Crippen LogP) is 3.02. The lowest BCUT2D eigenvalue weighted by atomic mass is 9.47. The number of amides is 2. The summed E-state index contributed by atoms with van der Waals surface area (Å²) in [5.74, 6) is -0.492. The SMILES string of the molecule is CC(C)[C@@H](NC(=O)CNC(=O)CO/N=C1\C=C2CC[C@H]3[C@H]4CC[C@@H](O)[C@@]4(C)CC[C@@H]3[C@@]2(C)CC1)C(=O)O. The number of hydrogen-bond acceptors (Lipinski definition) is 6. The normalized spacial score (nSPS) is 36.6. The first-order chi connectivity index (χ1) is 17.5. The average Bonchev–Trinajstić information content (AvgIpc) is 3.15. The molecule has 0 aromatic rings. The molecule has 0 heterocycles. The fourth-order valence-corrected chi connectivity index (χ4v) is 7.76. The Labute approximate surface area is 219 Å². The molecule has 0 unspecified atom stereocenters. The molecule has 7 atom stereocenters. The third-order valence-electron chi connectivity index (χ3n) is 10.0. The molecule has 0 aliphatic heterocycles. The van der Waals surface area contributed by atoms with Crippen molar-refractivity contribution in [1.29, 1.82) is 0 Å². The average molecular weight is 518 g/mol. The zero-order chi connectivity index (χ0) is 27.0. The Morgan fingerprint density at radius 1 is 1.08 bits per heavy atom. The van der Waals surface area contributed by atoms with Crippen LogP contribution < -0.4 is 10.6 Å². The van der Waals surface area contributed by atoms with Gasteiger partial charge in [0, 0.05) is 0 Å². The standard InChI is InChI=1S/C28H43N3O6/c1-16(2)25(26(35)36)30-23(33)14-29-24(34)15-37-31-18-9-11-27(3)17(13-18)5-6-19-20-7-8-22(32)28(20,4)12-10-21(19)27/h13,16,19-22,25,32H,5-12,14-15H2,1-4H3,(H,29,34)(H,30,33)(H,35,36)/b31-18-/t19-,20+,21-,22+,25+,27-,28-/m0/s1. The van der Waals surface area contributed by atoms with Gasteiger partial charge in [-0.25, -0.2) is 4.79 Å². The van der Waals surface area contributed by atoms with Crippen molar-refractivity contribution < 1.29 is 29.4 Å². The van der Waals surface area contributed by atoms with Gasteiger partial charge >= 0.3 is 5.97 Å². The summed E-state index contributed by atoms with van der Waals surface area (Å²) in [4.78, 5) is 40.6. The molecule has 3 fully saturated rings. The van der Waals surface area contributed by atoms with Crippen LogP contribution in [0.2, 0.25) is 0 Å². The molecule has 206 valence electrons. The van der Waals surface area contributed by atoms with Crippen molar-refractivity contribution in [2.45, 2.75) is 91.2 Å². The number of hydrogen-bond donors (Lipinski definition) is 4. The molecule has 4 aliphatic carbocycles. The monoisotopic (exact) mass is 517 g/mol. The Morgan fingerprint density at radius 2 is 1.84 bits per heavy atom. The summed E-state index contributed by atoms with van der Waals surface area (Å²) < 4.78 is 0. The number of aliphatic carboxylic acids is 1. The lowest BCUT2D eigenvalue weighted by molar-refractivity contribution is -0.143. The van der Waals surface area contributed by atoms with Crippen LogP contribution in [0, 0.1) is 34.5 Å². The predicted molar refractivity (Wildman–Crippen MR) is 139 cm³/mol. The quantitative estimate of drug-likeness (QED) is 0.365. The molecule has 4 N–H and O–H groups in total. The Morgan fingerprint density at radius 3 is 2.54 bits per heavy atom. The van der Waals surface area contributed by atoms with Crippen molar-refractivity contribution in [3.63, 3.8) is 0 Å². The lowest BCUT2D eigenvalue weighted by Gasteiger charge is -2.57. The highest BCUT2D eigenvalue weighted by Crippen LogP contribution is 2.65. The van der Waals surface area contributed by atoms with Gasteiger partial charge in [-0.1, -0.05) is 38.4 Å². The van der Waals surface area contributed by atoms with Gasteiger partial charge in [-0.15, -0.1) is 0 Å². The third kappa shape index (κ3) is 5.42. The number of allylic oxidation sites excluding steroid dienone is 2. The number of carboxylic acids is 1. The van der Waals surface area contributed by atoms with E-state index < -0.39 is 23.8 Å². The molecule has 0 saturated heterocycles. The van der Waals surface area contributed by atoms with E-state index in [0.29, 0.717) is 17.8 Å². The number of oxime groups is 1. The number of carbonyl (C=O) groups is 3. The number of nitrogens with one attached hydrogen (secondary N) is 2. The maximum absolute atomic E-state index is 12.1. The van der Waals surface area contributed by atoms with Crippen molar-refractivity contribution >= 4 is 23.5 Å². The molecule has 9 nitrogen and oxygen atoms in total. The van der Waals surface area contributed by atoms with E-state index in [2.05, 4.69) is 35.7 Å². The summed E-state index contributed by atoms with van der Waals surface area (Å²) in [6.45, 7) is 7.49. The van der Waals surface area contributed by atoms with E-state index in [4.69, 9.17) is 9.94 Å². The molecule has 0 spiro atoms. The van der Waals surface area contributed by atoms with Crippen LogP contribution in [0.5, 0.6) is 0 Å². The highest BCUT2D eigenvalue weighted by molar-refractivity contribution is 5.96. The number of carbonyl (C=O) groups excluding carboxylic acids is 2. The van der Waals surface area contributed by atoms with Crippen LogP contribution in [0.25, 0.3) is 0 Å². The molecule has 4 aliphatic rings. The molecule has 0 aromatic heterocycles. The maximum Gasteiger partial charge on any atom is 0.326 e. The number of rotatable bonds is 8. The molecule has 37 heavy (non-hydrogen) atoms. The van der Waals surface area contributed by atoms with Crippen molar-refractivity contribution in [1.82, 2.24) is 10.6 Å². The Hall–Kier alpha value is -2.42. The molecule has 0 radical (unpaired) electrons. The number of carboxylic acid groups (broad SMARTS) is 1. The topological polar surface area (TPSA) is 137 Å². The minimum Gasteiger partial charge on any atom is -0.480 e. The molecule has 3 saturated carbocycles. The minimum absolute atomic E-state index is 0.0848. The van der Waals surface area contributed by atoms with Gasteiger partial charge < -0.3 is 25.7 Å². The van der Waals surface area contributed by atoms with Crippen molar-refractivity contribution in [3.8, 4) is 0 Å². The fraction of sp³-hybridized carbons (Fsp3) is 0.786. The van der Waals surface area contributed by atoms with Gasteiger partial charge in [0.1, 0.15) is 6.04 Å². The summed E-state index contributed by atoms with van der Waals surface area (Å²) in [6.07, 6.45) is 10.4. The van der Waals surface area contributed by atoms with E-state index in [1.807, 2.05) is 0 Å². The summed E-state index contributed by atoms with van der Waals surface area (Å²) in [7, 11) is 0. The summed E-state index contributed by atoms with van der Waals surface area (Å²) >= 11 is 0. The summed E-state index contributed by atoms with van der Waals surface area (Å²) in [5.41, 5.74) is 2.52. The minimum atomic E-state index is -1.11. The Kier molecular flexibility index (Phi) is 8.02. The van der Waals surface area contributed by atoms with Crippen molar-refractivity contribution in [2.24, 2.45) is 39.7 Å². The van der Waals surface area contributed by atoms with E-state index in [-0.39, 0.29) is 36.0 Å². The first-order valence-corrected chi connectivity index (χ1v) is 13.8. The highest BCUT2D eigenvalue weighted by Gasteiger charge is 2.58. The van der Waals surface area contributed by atoms with Gasteiger partial charge in [0.25, 0.3) is 5.91 Å². The second kappa shape index (κ2) is 10.8. The van der Waals surface area contributed by atoms with Crippen LogP contribution in [0.15, 0.2) is 16.8 Å². The Bertz CT molecular complexity index is 977. The maximum atomic E-state index is 12.1. The van der Waals surface area contributed by atoms with Gasteiger partial charge in [0.2, 0.25) is 5.91 Å². The van der Waals surface area contributed by atoms with Gasteiger partial charge in [0.05, 0.1) is 18.4 Å². The molecule has 2 amide bonds. The first kappa shape index (κ1) is 27.6. The van der Waals surface area contributed by atoms with Gasteiger partial charge in [-0.2, -0.15) is 0 Å². The zero-order valence-corrected chi connectivity index (χ0v) is 22.6. The molecular weight excluding hydrogens is 474 g/mol. The fourth-order valence-electron chi connectivity index (χ4n) is 7.76. The van der Waals surface area contributed by atoms with E-state index in [0.717, 1.165) is 50.7 Å².